The summed E-state index contributed by atoms with van der Waals surface area (Å²) in [6, 6.07) is 0. The molecule has 0 bridgehead atoms. The molecule has 0 amide bonds. The smallest absolute Gasteiger partial charge is 0.0546 e. The summed E-state index contributed by atoms with van der Waals surface area (Å²) in [6.45, 7) is 4.02. The SMILES string of the molecule is C/C=C\c1cnsc1/C=C\C. The third kappa shape index (κ3) is 2.02. The second kappa shape index (κ2) is 4.09. The van der Waals surface area contributed by atoms with Crippen molar-refractivity contribution in [2.24, 2.45) is 0 Å². The van der Waals surface area contributed by atoms with Crippen LogP contribution in [0.15, 0.2) is 18.3 Å². The van der Waals surface area contributed by atoms with Gasteiger partial charge in [0.15, 0.2) is 0 Å². The van der Waals surface area contributed by atoms with E-state index in [1.54, 1.807) is 0 Å². The van der Waals surface area contributed by atoms with Gasteiger partial charge < -0.3 is 0 Å². The summed E-state index contributed by atoms with van der Waals surface area (Å²) in [5.41, 5.74) is 1.20. The first-order chi connectivity index (χ1) is 5.38. The van der Waals surface area contributed by atoms with Gasteiger partial charge in [0.1, 0.15) is 0 Å². The highest BCUT2D eigenvalue weighted by atomic mass is 32.1. The number of hydrogen-bond donors (Lipinski definition) is 0. The third-order valence-corrected chi connectivity index (χ3v) is 2.07. The minimum absolute atomic E-state index is 1.20. The van der Waals surface area contributed by atoms with E-state index in [1.165, 1.54) is 22.0 Å². The Morgan fingerprint density at radius 2 is 2.00 bits per heavy atom. The molecule has 2 heteroatoms. The van der Waals surface area contributed by atoms with Gasteiger partial charge in [-0.2, -0.15) is 4.37 Å². The Bertz CT molecular complexity index is 244. The van der Waals surface area contributed by atoms with Crippen molar-refractivity contribution in [3.63, 3.8) is 0 Å². The Hall–Kier alpha value is -0.890. The molecule has 0 unspecified atom stereocenters. The fourth-order valence-corrected chi connectivity index (χ4v) is 1.54. The largest absolute Gasteiger partial charge is 0.200 e. The monoisotopic (exact) mass is 165 g/mol. The van der Waals surface area contributed by atoms with Crippen molar-refractivity contribution >= 4 is 23.7 Å². The first kappa shape index (κ1) is 8.21. The van der Waals surface area contributed by atoms with Crippen molar-refractivity contribution in [2.75, 3.05) is 0 Å². The maximum absolute atomic E-state index is 4.10. The van der Waals surface area contributed by atoms with Gasteiger partial charge in [-0.3, -0.25) is 0 Å². The molecule has 0 aliphatic heterocycles. The van der Waals surface area contributed by atoms with Gasteiger partial charge in [0.2, 0.25) is 0 Å². The lowest BCUT2D eigenvalue weighted by atomic mass is 10.2. The Morgan fingerprint density at radius 3 is 2.64 bits per heavy atom. The number of aromatic nitrogens is 1. The number of nitrogens with zero attached hydrogens (tertiary/aromatic N) is 1. The molecule has 0 spiro atoms. The molecule has 1 aromatic rings. The molecule has 58 valence electrons. The quantitative estimate of drug-likeness (QED) is 0.655. The van der Waals surface area contributed by atoms with E-state index in [0.717, 1.165) is 0 Å². The fourth-order valence-electron chi connectivity index (χ4n) is 0.839. The Morgan fingerprint density at radius 1 is 1.27 bits per heavy atom. The average Bonchev–Trinajstić information content (AvgIpc) is 2.39. The molecule has 11 heavy (non-hydrogen) atoms. The molecule has 0 aliphatic carbocycles. The average molecular weight is 165 g/mol. The van der Waals surface area contributed by atoms with Crippen molar-refractivity contribution in [1.82, 2.24) is 4.37 Å². The Labute approximate surface area is 71.2 Å². The van der Waals surface area contributed by atoms with E-state index in [1.807, 2.05) is 32.2 Å². The van der Waals surface area contributed by atoms with Gasteiger partial charge in [0, 0.05) is 11.8 Å². The van der Waals surface area contributed by atoms with Crippen LogP contribution in [0.4, 0.5) is 0 Å². The Kier molecular flexibility index (Phi) is 3.05. The fraction of sp³-hybridized carbons (Fsp3) is 0.222. The zero-order valence-corrected chi connectivity index (χ0v) is 7.56. The predicted octanol–water partition coefficient (Wildman–Crippen LogP) is 3.21. The predicted molar refractivity (Wildman–Crippen MR) is 51.5 cm³/mol. The number of hydrogen-bond acceptors (Lipinski definition) is 2. The lowest BCUT2D eigenvalue weighted by molar-refractivity contribution is 1.55. The van der Waals surface area contributed by atoms with E-state index in [2.05, 4.69) is 16.5 Å². The van der Waals surface area contributed by atoms with Crippen molar-refractivity contribution < 1.29 is 0 Å². The standard InChI is InChI=1S/C9H11NS/c1-3-5-8-7-10-11-9(8)6-4-2/h3-7H,1-2H3/b5-3-,6-4-. The first-order valence-electron chi connectivity index (χ1n) is 3.58. The summed E-state index contributed by atoms with van der Waals surface area (Å²) in [5.74, 6) is 0. The van der Waals surface area contributed by atoms with Gasteiger partial charge in [-0.05, 0) is 31.5 Å². The van der Waals surface area contributed by atoms with E-state index in [0.29, 0.717) is 0 Å². The molecule has 0 atom stereocenters. The van der Waals surface area contributed by atoms with Crippen LogP contribution in [-0.2, 0) is 0 Å². The topological polar surface area (TPSA) is 12.9 Å². The van der Waals surface area contributed by atoms with Gasteiger partial charge in [-0.15, -0.1) is 0 Å². The first-order valence-corrected chi connectivity index (χ1v) is 4.36. The van der Waals surface area contributed by atoms with Crippen LogP contribution in [0.25, 0.3) is 12.2 Å². The van der Waals surface area contributed by atoms with Crippen LogP contribution in [-0.4, -0.2) is 4.37 Å². The Balaban J connectivity index is 2.95. The summed E-state index contributed by atoms with van der Waals surface area (Å²) >= 11 is 1.53. The molecule has 1 nitrogen and oxygen atoms in total. The molecule has 1 aromatic heterocycles. The van der Waals surface area contributed by atoms with Crippen LogP contribution in [0.2, 0.25) is 0 Å². The van der Waals surface area contributed by atoms with Crippen molar-refractivity contribution in [3.05, 3.63) is 28.8 Å². The zero-order chi connectivity index (χ0) is 8.10. The van der Waals surface area contributed by atoms with Gasteiger partial charge in [-0.25, -0.2) is 0 Å². The summed E-state index contributed by atoms with van der Waals surface area (Å²) < 4.78 is 4.10. The van der Waals surface area contributed by atoms with Gasteiger partial charge >= 0.3 is 0 Å². The summed E-state index contributed by atoms with van der Waals surface area (Å²) in [4.78, 5) is 1.23. The van der Waals surface area contributed by atoms with E-state index in [-0.39, 0.29) is 0 Å². The molecule has 0 saturated heterocycles. The molecular weight excluding hydrogens is 154 g/mol. The molecule has 1 heterocycles. The van der Waals surface area contributed by atoms with E-state index in [4.69, 9.17) is 0 Å². The molecule has 0 saturated carbocycles. The van der Waals surface area contributed by atoms with Crippen LogP contribution in [0.1, 0.15) is 24.3 Å². The molecule has 0 aliphatic rings. The summed E-state index contributed by atoms with van der Waals surface area (Å²) in [5, 5.41) is 0. The van der Waals surface area contributed by atoms with E-state index >= 15 is 0 Å². The minimum atomic E-state index is 1.20. The summed E-state index contributed by atoms with van der Waals surface area (Å²) in [6.07, 6.45) is 10.1. The maximum atomic E-state index is 4.10. The molecule has 1 rings (SSSR count). The van der Waals surface area contributed by atoms with Crippen molar-refractivity contribution in [3.8, 4) is 0 Å². The van der Waals surface area contributed by atoms with Crippen LogP contribution >= 0.6 is 11.5 Å². The highest BCUT2D eigenvalue weighted by molar-refractivity contribution is 7.07. The van der Waals surface area contributed by atoms with Crippen LogP contribution < -0.4 is 0 Å². The van der Waals surface area contributed by atoms with E-state index < -0.39 is 0 Å². The number of allylic oxidation sites excluding steroid dienone is 2. The third-order valence-electron chi connectivity index (χ3n) is 1.29. The second-order valence-corrected chi connectivity index (χ2v) is 2.98. The highest BCUT2D eigenvalue weighted by Crippen LogP contribution is 2.16. The lowest BCUT2D eigenvalue weighted by Crippen LogP contribution is -1.67. The van der Waals surface area contributed by atoms with Crippen molar-refractivity contribution in [1.29, 1.82) is 0 Å². The molecule has 0 fully saturated rings. The minimum Gasteiger partial charge on any atom is -0.200 e. The number of rotatable bonds is 2. The molecule has 0 aromatic carbocycles. The van der Waals surface area contributed by atoms with Gasteiger partial charge in [0.05, 0.1) is 4.88 Å². The zero-order valence-electron chi connectivity index (χ0n) is 6.74. The van der Waals surface area contributed by atoms with Crippen molar-refractivity contribution in [2.45, 2.75) is 13.8 Å². The van der Waals surface area contributed by atoms with Crippen LogP contribution in [0.5, 0.6) is 0 Å². The maximum Gasteiger partial charge on any atom is 0.0546 e. The molecule has 0 N–H and O–H groups in total. The summed E-state index contributed by atoms with van der Waals surface area (Å²) in [7, 11) is 0. The highest BCUT2D eigenvalue weighted by Gasteiger charge is 1.96. The van der Waals surface area contributed by atoms with Crippen LogP contribution in [0.3, 0.4) is 0 Å². The normalized spacial score (nSPS) is 11.8. The van der Waals surface area contributed by atoms with Gasteiger partial charge in [-0.1, -0.05) is 18.2 Å². The van der Waals surface area contributed by atoms with Gasteiger partial charge in [0.25, 0.3) is 0 Å². The lowest BCUT2D eigenvalue weighted by Gasteiger charge is -1.86. The molecule has 0 radical (unpaired) electrons. The molecular formula is C9H11NS. The van der Waals surface area contributed by atoms with Crippen LogP contribution in [0, 0.1) is 0 Å². The second-order valence-electron chi connectivity index (χ2n) is 2.15. The van der Waals surface area contributed by atoms with E-state index in [9.17, 15) is 0 Å².